The summed E-state index contributed by atoms with van der Waals surface area (Å²) in [6.07, 6.45) is 1.76. The lowest BCUT2D eigenvalue weighted by molar-refractivity contribution is -0.137. The lowest BCUT2D eigenvalue weighted by Crippen LogP contribution is -2.41. The van der Waals surface area contributed by atoms with Crippen LogP contribution in [0.4, 0.5) is 18.9 Å². The van der Waals surface area contributed by atoms with E-state index in [1.54, 1.807) is 6.07 Å². The normalized spacial score (nSPS) is 15.1. The highest BCUT2D eigenvalue weighted by atomic mass is 32.2. The fourth-order valence-electron chi connectivity index (χ4n) is 3.84. The maximum Gasteiger partial charge on any atom is 0.416 e. The molecule has 0 saturated heterocycles. The first kappa shape index (κ1) is 26.0. The van der Waals surface area contributed by atoms with Crippen LogP contribution < -0.4 is 9.62 Å². The third kappa shape index (κ3) is 7.20. The second-order valence-corrected chi connectivity index (χ2v) is 10.1. The molecule has 0 heterocycles. The fraction of sp³-hybridized carbons (Fsp3) is 0.458. The predicted octanol–water partition coefficient (Wildman–Crippen LogP) is 4.76. The van der Waals surface area contributed by atoms with Crippen molar-refractivity contribution in [1.82, 2.24) is 5.32 Å². The van der Waals surface area contributed by atoms with E-state index in [0.717, 1.165) is 43.9 Å². The van der Waals surface area contributed by atoms with Gasteiger partial charge >= 0.3 is 6.18 Å². The van der Waals surface area contributed by atoms with E-state index in [-0.39, 0.29) is 23.2 Å². The highest BCUT2D eigenvalue weighted by Crippen LogP contribution is 2.33. The molecule has 0 aliphatic heterocycles. The van der Waals surface area contributed by atoms with Crippen molar-refractivity contribution >= 4 is 21.6 Å². The number of amides is 1. The molecule has 1 amide bonds. The number of benzene rings is 2. The highest BCUT2D eigenvalue weighted by Gasteiger charge is 2.33. The van der Waals surface area contributed by atoms with E-state index in [4.69, 9.17) is 4.74 Å². The van der Waals surface area contributed by atoms with Gasteiger partial charge in [-0.15, -0.1) is 0 Å². The molecule has 0 aromatic heterocycles. The summed E-state index contributed by atoms with van der Waals surface area (Å²) in [5.41, 5.74) is -1.24. The van der Waals surface area contributed by atoms with Gasteiger partial charge in [-0.25, -0.2) is 8.42 Å². The molecule has 0 spiro atoms. The van der Waals surface area contributed by atoms with Gasteiger partial charge < -0.3 is 10.1 Å². The van der Waals surface area contributed by atoms with Gasteiger partial charge in [0.2, 0.25) is 5.91 Å². The number of carbonyl (C=O) groups excluding carboxylic acids is 1. The Morgan fingerprint density at radius 2 is 1.74 bits per heavy atom. The summed E-state index contributed by atoms with van der Waals surface area (Å²) in [5.74, 6) is -0.616. The molecule has 1 fully saturated rings. The fourth-order valence-corrected chi connectivity index (χ4v) is 5.27. The van der Waals surface area contributed by atoms with Crippen molar-refractivity contribution in [1.29, 1.82) is 0 Å². The van der Waals surface area contributed by atoms with E-state index < -0.39 is 34.2 Å². The van der Waals surface area contributed by atoms with E-state index in [9.17, 15) is 26.4 Å². The van der Waals surface area contributed by atoms with Crippen molar-refractivity contribution in [2.45, 2.75) is 55.7 Å². The minimum atomic E-state index is -4.65. The van der Waals surface area contributed by atoms with Crippen molar-refractivity contribution in [3.05, 3.63) is 60.2 Å². The zero-order valence-corrected chi connectivity index (χ0v) is 19.6. The maximum absolute atomic E-state index is 13.2. The molecule has 1 aliphatic carbocycles. The number of hydrogen-bond donors (Lipinski definition) is 1. The summed E-state index contributed by atoms with van der Waals surface area (Å²) in [6.45, 7) is 0.0972. The van der Waals surface area contributed by atoms with Gasteiger partial charge in [0.1, 0.15) is 6.54 Å². The number of ether oxygens (including phenoxy) is 1. The molecule has 6 nitrogen and oxygen atoms in total. The predicted molar refractivity (Wildman–Crippen MR) is 123 cm³/mol. The standard InChI is InChI=1S/C24H29F3N2O4S/c25-24(26,27)19-9-7-10-20(17-19)29(34(31,32)22-13-5-2-6-14-22)18-23(30)28-15-8-16-33-21-11-3-1-4-12-21/h2,5-7,9-10,13-14,17,21H,1,3-4,8,11-12,15-16,18H2,(H,28,30). The third-order valence-corrected chi connectivity index (χ3v) is 7.42. The van der Waals surface area contributed by atoms with Crippen LogP contribution in [0, 0.1) is 0 Å². The van der Waals surface area contributed by atoms with Crippen molar-refractivity contribution in [2.75, 3.05) is 24.0 Å². The summed E-state index contributed by atoms with van der Waals surface area (Å²) in [7, 11) is -4.28. The molecule has 1 N–H and O–H groups in total. The number of halogens is 3. The quantitative estimate of drug-likeness (QED) is 0.480. The molecule has 2 aromatic rings. The van der Waals surface area contributed by atoms with Gasteiger partial charge in [0.15, 0.2) is 0 Å². The Balaban J connectivity index is 1.68. The molecule has 34 heavy (non-hydrogen) atoms. The zero-order chi connectivity index (χ0) is 24.6. The number of nitrogens with zero attached hydrogens (tertiary/aromatic N) is 1. The summed E-state index contributed by atoms with van der Waals surface area (Å²) in [6, 6.07) is 11.2. The Labute approximate surface area is 198 Å². The number of nitrogens with one attached hydrogen (secondary N) is 1. The first-order valence-corrected chi connectivity index (χ1v) is 12.8. The molecule has 3 rings (SSSR count). The number of alkyl halides is 3. The third-order valence-electron chi connectivity index (χ3n) is 5.63. The zero-order valence-electron chi connectivity index (χ0n) is 18.8. The minimum absolute atomic E-state index is 0.124. The molecule has 0 atom stereocenters. The number of sulfonamides is 1. The Hall–Kier alpha value is -2.59. The van der Waals surface area contributed by atoms with Gasteiger partial charge in [0.05, 0.1) is 22.3 Å². The topological polar surface area (TPSA) is 75.7 Å². The van der Waals surface area contributed by atoms with Crippen LogP contribution in [-0.4, -0.2) is 40.1 Å². The first-order chi connectivity index (χ1) is 16.2. The van der Waals surface area contributed by atoms with Gasteiger partial charge in [-0.2, -0.15) is 13.2 Å². The summed E-state index contributed by atoms with van der Waals surface area (Å²) >= 11 is 0. The molecule has 10 heteroatoms. The Bertz CT molecular complexity index is 1040. The minimum Gasteiger partial charge on any atom is -0.378 e. The lowest BCUT2D eigenvalue weighted by Gasteiger charge is -2.25. The largest absolute Gasteiger partial charge is 0.416 e. The van der Waals surface area contributed by atoms with Gasteiger partial charge in [-0.1, -0.05) is 43.5 Å². The second kappa shape index (κ2) is 11.7. The van der Waals surface area contributed by atoms with Gasteiger partial charge in [-0.05, 0) is 49.6 Å². The highest BCUT2D eigenvalue weighted by molar-refractivity contribution is 7.92. The first-order valence-electron chi connectivity index (χ1n) is 11.3. The van der Waals surface area contributed by atoms with E-state index >= 15 is 0 Å². The molecule has 0 radical (unpaired) electrons. The van der Waals surface area contributed by atoms with E-state index in [2.05, 4.69) is 5.32 Å². The van der Waals surface area contributed by atoms with Gasteiger partial charge in [-0.3, -0.25) is 9.10 Å². The molecule has 186 valence electrons. The van der Waals surface area contributed by atoms with Crippen LogP contribution in [-0.2, 0) is 25.7 Å². The molecular weight excluding hydrogens is 469 g/mol. The summed E-state index contributed by atoms with van der Waals surface area (Å²) < 4.78 is 72.6. The number of carbonyl (C=O) groups is 1. The van der Waals surface area contributed by atoms with Crippen LogP contribution in [0.25, 0.3) is 0 Å². The van der Waals surface area contributed by atoms with Crippen molar-refractivity contribution < 1.29 is 31.1 Å². The van der Waals surface area contributed by atoms with E-state index in [0.29, 0.717) is 17.3 Å². The molecule has 0 unspecified atom stereocenters. The van der Waals surface area contributed by atoms with Crippen LogP contribution in [0.3, 0.4) is 0 Å². The average molecular weight is 499 g/mol. The van der Waals surface area contributed by atoms with Gasteiger partial charge in [0.25, 0.3) is 10.0 Å². The van der Waals surface area contributed by atoms with Gasteiger partial charge in [0, 0.05) is 13.2 Å². The molecular formula is C24H29F3N2O4S. The van der Waals surface area contributed by atoms with Crippen LogP contribution in [0.5, 0.6) is 0 Å². The smallest absolute Gasteiger partial charge is 0.378 e. The monoisotopic (exact) mass is 498 g/mol. The molecule has 2 aromatic carbocycles. The molecule has 0 bridgehead atoms. The SMILES string of the molecule is O=C(CN(c1cccc(C(F)(F)F)c1)S(=O)(=O)c1ccccc1)NCCCOC1CCCCC1. The van der Waals surface area contributed by atoms with Crippen molar-refractivity contribution in [3.63, 3.8) is 0 Å². The van der Waals surface area contributed by atoms with Crippen LogP contribution in [0.15, 0.2) is 59.5 Å². The Morgan fingerprint density at radius 3 is 2.41 bits per heavy atom. The number of anilines is 1. The Morgan fingerprint density at radius 1 is 1.03 bits per heavy atom. The van der Waals surface area contributed by atoms with Crippen molar-refractivity contribution in [3.8, 4) is 0 Å². The maximum atomic E-state index is 13.2. The van der Waals surface area contributed by atoms with Crippen LogP contribution in [0.1, 0.15) is 44.1 Å². The lowest BCUT2D eigenvalue weighted by atomic mass is 9.98. The van der Waals surface area contributed by atoms with E-state index in [1.807, 2.05) is 0 Å². The summed E-state index contributed by atoms with van der Waals surface area (Å²) in [4.78, 5) is 12.4. The molecule has 1 saturated carbocycles. The second-order valence-electron chi connectivity index (χ2n) is 8.21. The number of hydrogen-bond acceptors (Lipinski definition) is 4. The van der Waals surface area contributed by atoms with Crippen LogP contribution in [0.2, 0.25) is 0 Å². The van der Waals surface area contributed by atoms with Crippen LogP contribution >= 0.6 is 0 Å². The Kier molecular flexibility index (Phi) is 8.96. The summed E-state index contributed by atoms with van der Waals surface area (Å²) in [5, 5.41) is 2.64. The number of rotatable bonds is 10. The molecule has 1 aliphatic rings. The van der Waals surface area contributed by atoms with E-state index in [1.165, 1.54) is 36.8 Å². The van der Waals surface area contributed by atoms with Crippen molar-refractivity contribution in [2.24, 2.45) is 0 Å². The average Bonchev–Trinajstić information content (AvgIpc) is 2.83.